The Morgan fingerprint density at radius 1 is 1.39 bits per heavy atom. The number of nitrogens with one attached hydrogen (secondary N) is 1. The zero-order valence-electron chi connectivity index (χ0n) is 14.6. The highest BCUT2D eigenvalue weighted by Gasteiger charge is 2.27. The maximum absolute atomic E-state index is 12.4. The number of nitrogens with zero attached hydrogens (tertiary/aromatic N) is 1. The average Bonchev–Trinajstić information content (AvgIpc) is 2.99. The Hall–Kier alpha value is -1.59. The number of urea groups is 1. The Morgan fingerprint density at radius 3 is 2.91 bits per heavy atom. The van der Waals surface area contributed by atoms with E-state index >= 15 is 0 Å². The highest BCUT2D eigenvalue weighted by molar-refractivity contribution is 5.75. The molecule has 1 aromatic rings. The molecule has 0 bridgehead atoms. The van der Waals surface area contributed by atoms with Gasteiger partial charge in [-0.2, -0.15) is 0 Å². The maximum atomic E-state index is 12.4. The van der Waals surface area contributed by atoms with Crippen LogP contribution in [0.3, 0.4) is 0 Å². The molecule has 1 fully saturated rings. The van der Waals surface area contributed by atoms with Crippen LogP contribution < -0.4 is 5.32 Å². The van der Waals surface area contributed by atoms with E-state index in [4.69, 9.17) is 9.47 Å². The van der Waals surface area contributed by atoms with Crippen molar-refractivity contribution in [3.63, 3.8) is 0 Å². The molecule has 1 aliphatic heterocycles. The summed E-state index contributed by atoms with van der Waals surface area (Å²) >= 11 is 0. The third-order valence-electron chi connectivity index (χ3n) is 4.53. The van der Waals surface area contributed by atoms with Gasteiger partial charge in [-0.05, 0) is 43.9 Å². The summed E-state index contributed by atoms with van der Waals surface area (Å²) in [5.41, 5.74) is 3.66. The lowest BCUT2D eigenvalue weighted by Crippen LogP contribution is -2.40. The molecular weight excluding hydrogens is 292 g/mol. The van der Waals surface area contributed by atoms with Gasteiger partial charge in [0.1, 0.15) is 0 Å². The van der Waals surface area contributed by atoms with Crippen molar-refractivity contribution in [3.8, 4) is 0 Å². The molecule has 0 aromatic heterocycles. The monoisotopic (exact) mass is 320 g/mol. The molecule has 0 spiro atoms. The SMILES string of the molecule is COCCO[C@H]1CCN(C(=O)N[C@@H](C)c2cccc(C)c2C)C1. The summed E-state index contributed by atoms with van der Waals surface area (Å²) in [6, 6.07) is 6.19. The number of methoxy groups -OCH3 is 1. The molecule has 128 valence electrons. The van der Waals surface area contributed by atoms with Crippen LogP contribution in [0.2, 0.25) is 0 Å². The summed E-state index contributed by atoms with van der Waals surface area (Å²) in [6.45, 7) is 8.78. The van der Waals surface area contributed by atoms with Gasteiger partial charge in [-0.25, -0.2) is 4.79 Å². The lowest BCUT2D eigenvalue weighted by Gasteiger charge is -2.22. The van der Waals surface area contributed by atoms with Crippen molar-refractivity contribution in [3.05, 3.63) is 34.9 Å². The zero-order chi connectivity index (χ0) is 16.8. The van der Waals surface area contributed by atoms with Crippen LogP contribution >= 0.6 is 0 Å². The molecule has 2 amide bonds. The first-order valence-electron chi connectivity index (χ1n) is 8.25. The number of amides is 2. The largest absolute Gasteiger partial charge is 0.382 e. The lowest BCUT2D eigenvalue weighted by molar-refractivity contribution is 0.0236. The number of rotatable bonds is 6. The van der Waals surface area contributed by atoms with Gasteiger partial charge >= 0.3 is 6.03 Å². The minimum Gasteiger partial charge on any atom is -0.382 e. The van der Waals surface area contributed by atoms with Gasteiger partial charge in [0.15, 0.2) is 0 Å². The molecule has 1 aromatic carbocycles. The second kappa shape index (κ2) is 8.31. The molecule has 23 heavy (non-hydrogen) atoms. The summed E-state index contributed by atoms with van der Waals surface area (Å²) in [4.78, 5) is 14.3. The number of benzene rings is 1. The standard InChI is InChI=1S/C18H28N2O3/c1-13-6-5-7-17(14(13)2)15(3)19-18(21)20-9-8-16(12-20)23-11-10-22-4/h5-7,15-16H,8-12H2,1-4H3,(H,19,21)/t15-,16-/m0/s1. The Bertz CT molecular complexity index is 533. The number of hydrogen-bond acceptors (Lipinski definition) is 3. The Labute approximate surface area is 139 Å². The van der Waals surface area contributed by atoms with Crippen molar-refractivity contribution in [1.29, 1.82) is 0 Å². The Balaban J connectivity index is 1.86. The van der Waals surface area contributed by atoms with Crippen LogP contribution in [0.25, 0.3) is 0 Å². The van der Waals surface area contributed by atoms with Gasteiger partial charge in [-0.3, -0.25) is 0 Å². The van der Waals surface area contributed by atoms with Crippen LogP contribution in [0.15, 0.2) is 18.2 Å². The number of hydrogen-bond donors (Lipinski definition) is 1. The third-order valence-corrected chi connectivity index (χ3v) is 4.53. The Kier molecular flexibility index (Phi) is 6.42. The van der Waals surface area contributed by atoms with E-state index in [-0.39, 0.29) is 18.2 Å². The number of carbonyl (C=O) groups is 1. The van der Waals surface area contributed by atoms with Crippen LogP contribution in [0.1, 0.15) is 36.1 Å². The van der Waals surface area contributed by atoms with Gasteiger partial charge in [0.05, 0.1) is 25.4 Å². The summed E-state index contributed by atoms with van der Waals surface area (Å²) in [6.07, 6.45) is 1.00. The molecule has 0 radical (unpaired) electrons. The quantitative estimate of drug-likeness (QED) is 0.820. The van der Waals surface area contributed by atoms with E-state index < -0.39 is 0 Å². The first-order valence-corrected chi connectivity index (χ1v) is 8.25. The molecule has 5 nitrogen and oxygen atoms in total. The van der Waals surface area contributed by atoms with E-state index in [0.717, 1.165) is 13.0 Å². The van der Waals surface area contributed by atoms with E-state index in [9.17, 15) is 4.79 Å². The normalized spacial score (nSPS) is 19.0. The number of carbonyl (C=O) groups excluding carboxylic acids is 1. The summed E-state index contributed by atoms with van der Waals surface area (Å²) in [7, 11) is 1.66. The molecule has 2 rings (SSSR count). The van der Waals surface area contributed by atoms with E-state index in [1.54, 1.807) is 7.11 Å². The van der Waals surface area contributed by atoms with Crippen molar-refractivity contribution < 1.29 is 14.3 Å². The molecular formula is C18H28N2O3. The molecule has 1 N–H and O–H groups in total. The van der Waals surface area contributed by atoms with Crippen molar-refractivity contribution in [2.75, 3.05) is 33.4 Å². The smallest absolute Gasteiger partial charge is 0.317 e. The van der Waals surface area contributed by atoms with E-state index in [1.165, 1.54) is 16.7 Å². The van der Waals surface area contributed by atoms with Gasteiger partial charge in [0, 0.05) is 20.2 Å². The third kappa shape index (κ3) is 4.69. The summed E-state index contributed by atoms with van der Waals surface area (Å²) < 4.78 is 10.7. The minimum absolute atomic E-state index is 0.00383. The van der Waals surface area contributed by atoms with Crippen LogP contribution in [0.5, 0.6) is 0 Å². The Morgan fingerprint density at radius 2 is 2.17 bits per heavy atom. The second-order valence-corrected chi connectivity index (χ2v) is 6.18. The lowest BCUT2D eigenvalue weighted by atomic mass is 9.98. The molecule has 0 unspecified atom stereocenters. The first kappa shape index (κ1) is 17.8. The maximum Gasteiger partial charge on any atom is 0.317 e. The second-order valence-electron chi connectivity index (χ2n) is 6.18. The van der Waals surface area contributed by atoms with Crippen LogP contribution in [-0.4, -0.2) is 50.4 Å². The van der Waals surface area contributed by atoms with E-state index in [2.05, 4.69) is 31.3 Å². The van der Waals surface area contributed by atoms with Crippen LogP contribution in [0, 0.1) is 13.8 Å². The van der Waals surface area contributed by atoms with Crippen molar-refractivity contribution in [2.24, 2.45) is 0 Å². The number of likely N-dealkylation sites (tertiary alicyclic amines) is 1. The van der Waals surface area contributed by atoms with E-state index in [0.29, 0.717) is 19.8 Å². The summed E-state index contributed by atoms with van der Waals surface area (Å²) in [5, 5.41) is 3.10. The fourth-order valence-electron chi connectivity index (χ4n) is 2.94. The van der Waals surface area contributed by atoms with Gasteiger partial charge in [-0.1, -0.05) is 18.2 Å². The van der Waals surface area contributed by atoms with Gasteiger partial charge in [0.2, 0.25) is 0 Å². The average molecular weight is 320 g/mol. The molecule has 1 aliphatic rings. The topological polar surface area (TPSA) is 50.8 Å². The van der Waals surface area contributed by atoms with Crippen molar-refractivity contribution in [2.45, 2.75) is 39.3 Å². The van der Waals surface area contributed by atoms with Crippen molar-refractivity contribution in [1.82, 2.24) is 10.2 Å². The van der Waals surface area contributed by atoms with Gasteiger partial charge in [0.25, 0.3) is 0 Å². The minimum atomic E-state index is -0.0174. The fourth-order valence-corrected chi connectivity index (χ4v) is 2.94. The molecule has 2 atom stereocenters. The van der Waals surface area contributed by atoms with Gasteiger partial charge < -0.3 is 19.7 Å². The summed E-state index contributed by atoms with van der Waals surface area (Å²) in [5.74, 6) is 0. The highest BCUT2D eigenvalue weighted by atomic mass is 16.5. The predicted octanol–water partition coefficient (Wildman–Crippen LogP) is 2.81. The fraction of sp³-hybridized carbons (Fsp3) is 0.611. The van der Waals surface area contributed by atoms with Gasteiger partial charge in [-0.15, -0.1) is 0 Å². The molecule has 0 aliphatic carbocycles. The molecule has 5 heteroatoms. The number of aryl methyl sites for hydroxylation is 1. The molecule has 1 heterocycles. The molecule has 1 saturated heterocycles. The highest BCUT2D eigenvalue weighted by Crippen LogP contribution is 2.21. The van der Waals surface area contributed by atoms with E-state index in [1.807, 2.05) is 17.9 Å². The van der Waals surface area contributed by atoms with Crippen LogP contribution in [0.4, 0.5) is 4.79 Å². The zero-order valence-corrected chi connectivity index (χ0v) is 14.6. The molecule has 0 saturated carbocycles. The van der Waals surface area contributed by atoms with Crippen LogP contribution in [-0.2, 0) is 9.47 Å². The van der Waals surface area contributed by atoms with Crippen molar-refractivity contribution >= 4 is 6.03 Å². The number of ether oxygens (including phenoxy) is 2. The predicted molar refractivity (Wildman–Crippen MR) is 90.7 cm³/mol. The first-order chi connectivity index (χ1) is 11.0.